The molecule has 100 valence electrons. The number of ether oxygens (including phenoxy) is 1. The molecule has 4 nitrogen and oxygen atoms in total. The van der Waals surface area contributed by atoms with Crippen LogP contribution < -0.4 is 15.8 Å². The van der Waals surface area contributed by atoms with Crippen LogP contribution in [-0.4, -0.2) is 19.1 Å². The summed E-state index contributed by atoms with van der Waals surface area (Å²) in [7, 11) is 1.53. The summed E-state index contributed by atoms with van der Waals surface area (Å²) in [5, 5.41) is 3.29. The van der Waals surface area contributed by atoms with Crippen molar-refractivity contribution in [2.24, 2.45) is 5.73 Å². The number of rotatable bonds is 6. The second-order valence-corrected chi connectivity index (χ2v) is 4.56. The standard InChI is InChI=1S/C13H19ClN2O2/c1-3-4-9(15)7-13(17)16-10-5-6-11(14)12(8-10)18-2/h5-6,8-9H,3-4,7,15H2,1-2H3,(H,16,17). The van der Waals surface area contributed by atoms with Crippen LogP contribution in [0.3, 0.4) is 0 Å². The molecule has 1 aromatic rings. The van der Waals surface area contributed by atoms with Gasteiger partial charge in [-0.3, -0.25) is 4.79 Å². The molecule has 0 aliphatic carbocycles. The van der Waals surface area contributed by atoms with Crippen LogP contribution >= 0.6 is 11.6 Å². The van der Waals surface area contributed by atoms with Crippen LogP contribution in [0.25, 0.3) is 0 Å². The molecule has 0 radical (unpaired) electrons. The van der Waals surface area contributed by atoms with E-state index in [1.54, 1.807) is 18.2 Å². The third kappa shape index (κ3) is 4.55. The van der Waals surface area contributed by atoms with Crippen molar-refractivity contribution in [3.63, 3.8) is 0 Å². The summed E-state index contributed by atoms with van der Waals surface area (Å²) < 4.78 is 5.08. The molecule has 1 atom stereocenters. The predicted octanol–water partition coefficient (Wildman–Crippen LogP) is 2.80. The maximum absolute atomic E-state index is 11.7. The van der Waals surface area contributed by atoms with E-state index in [0.717, 1.165) is 12.8 Å². The van der Waals surface area contributed by atoms with Gasteiger partial charge < -0.3 is 15.8 Å². The van der Waals surface area contributed by atoms with Gasteiger partial charge in [-0.15, -0.1) is 0 Å². The quantitative estimate of drug-likeness (QED) is 0.835. The second kappa shape index (κ2) is 7.24. The van der Waals surface area contributed by atoms with Gasteiger partial charge in [0.1, 0.15) is 5.75 Å². The van der Waals surface area contributed by atoms with E-state index in [0.29, 0.717) is 22.9 Å². The van der Waals surface area contributed by atoms with Gasteiger partial charge in [0.2, 0.25) is 5.91 Å². The zero-order valence-electron chi connectivity index (χ0n) is 10.7. The number of carbonyl (C=O) groups excluding carboxylic acids is 1. The third-order valence-electron chi connectivity index (χ3n) is 2.54. The lowest BCUT2D eigenvalue weighted by Crippen LogP contribution is -2.26. The average molecular weight is 271 g/mol. The van der Waals surface area contributed by atoms with Gasteiger partial charge in [0.15, 0.2) is 0 Å². The molecular formula is C13H19ClN2O2. The Morgan fingerprint density at radius 1 is 1.56 bits per heavy atom. The molecule has 0 aliphatic rings. The van der Waals surface area contributed by atoms with E-state index in [2.05, 4.69) is 5.32 Å². The fourth-order valence-corrected chi connectivity index (χ4v) is 1.86. The van der Waals surface area contributed by atoms with Crippen LogP contribution in [0.5, 0.6) is 5.75 Å². The van der Waals surface area contributed by atoms with Gasteiger partial charge in [-0.2, -0.15) is 0 Å². The smallest absolute Gasteiger partial charge is 0.225 e. The van der Waals surface area contributed by atoms with E-state index in [9.17, 15) is 4.79 Å². The molecule has 3 N–H and O–H groups in total. The zero-order valence-corrected chi connectivity index (χ0v) is 11.5. The fourth-order valence-electron chi connectivity index (χ4n) is 1.66. The molecule has 0 heterocycles. The van der Waals surface area contributed by atoms with Crippen molar-refractivity contribution in [1.29, 1.82) is 0 Å². The van der Waals surface area contributed by atoms with Crippen molar-refractivity contribution in [3.05, 3.63) is 23.2 Å². The Morgan fingerprint density at radius 2 is 2.28 bits per heavy atom. The molecule has 0 saturated heterocycles. The number of nitrogens with one attached hydrogen (secondary N) is 1. The zero-order chi connectivity index (χ0) is 13.5. The first-order valence-corrected chi connectivity index (χ1v) is 6.33. The van der Waals surface area contributed by atoms with Crippen molar-refractivity contribution >= 4 is 23.2 Å². The molecule has 1 rings (SSSR count). The Morgan fingerprint density at radius 3 is 2.89 bits per heavy atom. The Labute approximate surface area is 112 Å². The van der Waals surface area contributed by atoms with E-state index < -0.39 is 0 Å². The van der Waals surface area contributed by atoms with Crippen LogP contribution in [-0.2, 0) is 4.79 Å². The average Bonchev–Trinajstić information content (AvgIpc) is 2.31. The van der Waals surface area contributed by atoms with Crippen LogP contribution in [0, 0.1) is 0 Å². The molecule has 0 fully saturated rings. The third-order valence-corrected chi connectivity index (χ3v) is 2.85. The summed E-state index contributed by atoms with van der Waals surface area (Å²) in [5.74, 6) is 0.438. The normalized spacial score (nSPS) is 12.0. The molecule has 0 aromatic heterocycles. The SMILES string of the molecule is CCCC(N)CC(=O)Nc1ccc(Cl)c(OC)c1. The summed E-state index contributed by atoms with van der Waals surface area (Å²) >= 11 is 5.90. The maximum atomic E-state index is 11.7. The first-order valence-electron chi connectivity index (χ1n) is 5.95. The van der Waals surface area contributed by atoms with E-state index in [-0.39, 0.29) is 11.9 Å². The van der Waals surface area contributed by atoms with Gasteiger partial charge in [-0.05, 0) is 18.6 Å². The molecule has 1 unspecified atom stereocenters. The van der Waals surface area contributed by atoms with Crippen molar-refractivity contribution < 1.29 is 9.53 Å². The number of benzene rings is 1. The first kappa shape index (κ1) is 14.8. The van der Waals surface area contributed by atoms with Gasteiger partial charge in [0.25, 0.3) is 0 Å². The minimum atomic E-state index is -0.0969. The number of nitrogens with two attached hydrogens (primary N) is 1. The maximum Gasteiger partial charge on any atom is 0.225 e. The highest BCUT2D eigenvalue weighted by Gasteiger charge is 2.10. The summed E-state index contributed by atoms with van der Waals surface area (Å²) in [6, 6.07) is 5.01. The fraction of sp³-hybridized carbons (Fsp3) is 0.462. The molecule has 0 aliphatic heterocycles. The number of anilines is 1. The predicted molar refractivity (Wildman–Crippen MR) is 74.1 cm³/mol. The highest BCUT2D eigenvalue weighted by atomic mass is 35.5. The van der Waals surface area contributed by atoms with E-state index in [4.69, 9.17) is 22.1 Å². The Balaban J connectivity index is 2.59. The number of carbonyl (C=O) groups is 1. The Hall–Kier alpha value is -1.26. The molecule has 0 saturated carbocycles. The lowest BCUT2D eigenvalue weighted by molar-refractivity contribution is -0.116. The lowest BCUT2D eigenvalue weighted by atomic mass is 10.1. The highest BCUT2D eigenvalue weighted by molar-refractivity contribution is 6.32. The summed E-state index contributed by atoms with van der Waals surface area (Å²) in [4.78, 5) is 11.7. The summed E-state index contributed by atoms with van der Waals surface area (Å²) in [6.07, 6.45) is 2.14. The minimum Gasteiger partial charge on any atom is -0.495 e. The molecule has 1 amide bonds. The van der Waals surface area contributed by atoms with Gasteiger partial charge in [-0.25, -0.2) is 0 Å². The van der Waals surface area contributed by atoms with Gasteiger partial charge in [0.05, 0.1) is 12.1 Å². The van der Waals surface area contributed by atoms with Crippen LogP contribution in [0.2, 0.25) is 5.02 Å². The summed E-state index contributed by atoms with van der Waals surface area (Å²) in [5.41, 5.74) is 6.47. The number of hydrogen-bond acceptors (Lipinski definition) is 3. The highest BCUT2D eigenvalue weighted by Crippen LogP contribution is 2.27. The van der Waals surface area contributed by atoms with E-state index in [1.807, 2.05) is 6.92 Å². The van der Waals surface area contributed by atoms with E-state index >= 15 is 0 Å². The molecule has 5 heteroatoms. The molecule has 0 spiro atoms. The summed E-state index contributed by atoms with van der Waals surface area (Å²) in [6.45, 7) is 2.04. The second-order valence-electron chi connectivity index (χ2n) is 4.15. The first-order chi connectivity index (χ1) is 8.56. The number of hydrogen-bond donors (Lipinski definition) is 2. The molecule has 0 bridgehead atoms. The van der Waals surface area contributed by atoms with Crippen LogP contribution in [0.15, 0.2) is 18.2 Å². The number of methoxy groups -OCH3 is 1. The molecular weight excluding hydrogens is 252 g/mol. The Bertz CT molecular complexity index is 410. The lowest BCUT2D eigenvalue weighted by Gasteiger charge is -2.11. The van der Waals surface area contributed by atoms with Gasteiger partial charge >= 0.3 is 0 Å². The Kier molecular flexibility index (Phi) is 5.95. The van der Waals surface area contributed by atoms with Crippen molar-refractivity contribution in [2.75, 3.05) is 12.4 Å². The minimum absolute atomic E-state index is 0.0933. The molecule has 18 heavy (non-hydrogen) atoms. The number of halogens is 1. The number of amides is 1. The largest absolute Gasteiger partial charge is 0.495 e. The topological polar surface area (TPSA) is 64.4 Å². The van der Waals surface area contributed by atoms with Crippen LogP contribution in [0.4, 0.5) is 5.69 Å². The molecule has 1 aromatic carbocycles. The monoisotopic (exact) mass is 270 g/mol. The van der Waals surface area contributed by atoms with Crippen molar-refractivity contribution in [1.82, 2.24) is 0 Å². The van der Waals surface area contributed by atoms with Crippen molar-refractivity contribution in [3.8, 4) is 5.75 Å². The van der Waals surface area contributed by atoms with E-state index in [1.165, 1.54) is 7.11 Å². The van der Waals surface area contributed by atoms with Gasteiger partial charge in [-0.1, -0.05) is 24.9 Å². The van der Waals surface area contributed by atoms with Crippen molar-refractivity contribution in [2.45, 2.75) is 32.2 Å². The van der Waals surface area contributed by atoms with Gasteiger partial charge in [0, 0.05) is 24.2 Å². The van der Waals surface area contributed by atoms with Crippen LogP contribution in [0.1, 0.15) is 26.2 Å².